The second kappa shape index (κ2) is 7.07. The van der Waals surface area contributed by atoms with Crippen molar-refractivity contribution in [2.75, 3.05) is 0 Å². The fourth-order valence-corrected chi connectivity index (χ4v) is 2.43. The van der Waals surface area contributed by atoms with Gasteiger partial charge in [-0.15, -0.1) is 0 Å². The summed E-state index contributed by atoms with van der Waals surface area (Å²) < 4.78 is 6.91. The Balaban J connectivity index is 1.85. The second-order valence-electron chi connectivity index (χ2n) is 6.70. The number of hydrogen-bond donors (Lipinski definition) is 1. The lowest BCUT2D eigenvalue weighted by Gasteiger charge is -2.08. The van der Waals surface area contributed by atoms with Crippen molar-refractivity contribution in [3.63, 3.8) is 0 Å². The zero-order valence-electron chi connectivity index (χ0n) is 15.5. The smallest absolute Gasteiger partial charge is 0.259 e. The lowest BCUT2D eigenvalue weighted by atomic mass is 10.2. The van der Waals surface area contributed by atoms with Crippen LogP contribution in [0, 0.1) is 6.92 Å². The molecule has 0 fully saturated rings. The van der Waals surface area contributed by atoms with Gasteiger partial charge in [0.1, 0.15) is 0 Å². The van der Waals surface area contributed by atoms with Crippen LogP contribution in [0.4, 0.5) is 0 Å². The Morgan fingerprint density at radius 3 is 2.54 bits per heavy atom. The zero-order chi connectivity index (χ0) is 18.8. The molecule has 0 bridgehead atoms. The molecule has 3 heterocycles. The van der Waals surface area contributed by atoms with E-state index in [-0.39, 0.29) is 17.9 Å². The molecule has 8 heteroatoms. The highest BCUT2D eigenvalue weighted by atomic mass is 16.5. The van der Waals surface area contributed by atoms with Crippen LogP contribution >= 0.6 is 0 Å². The summed E-state index contributed by atoms with van der Waals surface area (Å²) in [6, 6.07) is 3.71. The molecule has 0 radical (unpaired) electrons. The van der Waals surface area contributed by atoms with Crippen LogP contribution in [0.15, 0.2) is 29.0 Å². The Morgan fingerprint density at radius 1 is 1.19 bits per heavy atom. The van der Waals surface area contributed by atoms with Gasteiger partial charge in [0, 0.05) is 18.2 Å². The third-order valence-corrected chi connectivity index (χ3v) is 3.84. The maximum Gasteiger partial charge on any atom is 0.259 e. The van der Waals surface area contributed by atoms with Crippen LogP contribution in [-0.2, 0) is 0 Å². The molecule has 0 aliphatic carbocycles. The van der Waals surface area contributed by atoms with E-state index in [1.807, 2.05) is 40.7 Å². The van der Waals surface area contributed by atoms with Crippen LogP contribution in [0.3, 0.4) is 0 Å². The minimum atomic E-state index is -0.146. The van der Waals surface area contributed by atoms with E-state index in [1.54, 1.807) is 23.1 Å². The maximum atomic E-state index is 12.2. The number of carbonyl (C=O) groups is 1. The minimum Gasteiger partial charge on any atom is -0.350 e. The predicted molar refractivity (Wildman–Crippen MR) is 96.1 cm³/mol. The molecule has 1 amide bonds. The van der Waals surface area contributed by atoms with Gasteiger partial charge in [-0.25, -0.2) is 9.67 Å². The lowest BCUT2D eigenvalue weighted by molar-refractivity contribution is 0.0942. The van der Waals surface area contributed by atoms with Crippen molar-refractivity contribution >= 4 is 5.91 Å². The Bertz CT molecular complexity index is 908. The van der Waals surface area contributed by atoms with Gasteiger partial charge in [0.25, 0.3) is 11.8 Å². The number of hydrogen-bond acceptors (Lipinski definition) is 6. The molecule has 0 saturated heterocycles. The number of carbonyl (C=O) groups excluding carboxylic acids is 1. The average Bonchev–Trinajstić information content (AvgIpc) is 3.21. The summed E-state index contributed by atoms with van der Waals surface area (Å²) in [6.45, 7) is 9.68. The number of nitrogens with zero attached hydrogens (tertiary/aromatic N) is 5. The fraction of sp³-hybridized carbons (Fsp3) is 0.389. The van der Waals surface area contributed by atoms with Gasteiger partial charge in [0.15, 0.2) is 11.6 Å². The number of nitrogens with one attached hydrogen (secondary N) is 1. The highest BCUT2D eigenvalue weighted by Gasteiger charge is 2.17. The first kappa shape index (κ1) is 17.8. The SMILES string of the molecule is Cc1c(C(=O)NC(C)C)cnn1-c1ccc(-c2nc(C(C)C)no2)cn1. The quantitative estimate of drug-likeness (QED) is 0.756. The summed E-state index contributed by atoms with van der Waals surface area (Å²) in [5.41, 5.74) is 1.99. The van der Waals surface area contributed by atoms with Crippen LogP contribution in [0.1, 0.15) is 55.5 Å². The first-order valence-electron chi connectivity index (χ1n) is 8.52. The van der Waals surface area contributed by atoms with Crippen molar-refractivity contribution in [1.82, 2.24) is 30.2 Å². The van der Waals surface area contributed by atoms with Crippen LogP contribution in [-0.4, -0.2) is 36.9 Å². The third-order valence-electron chi connectivity index (χ3n) is 3.84. The van der Waals surface area contributed by atoms with Gasteiger partial charge in [-0.1, -0.05) is 19.0 Å². The Labute approximate surface area is 151 Å². The highest BCUT2D eigenvalue weighted by Crippen LogP contribution is 2.20. The summed E-state index contributed by atoms with van der Waals surface area (Å²) in [7, 11) is 0. The first-order valence-corrected chi connectivity index (χ1v) is 8.52. The number of pyridine rings is 1. The van der Waals surface area contributed by atoms with E-state index < -0.39 is 0 Å². The molecule has 136 valence electrons. The molecular weight excluding hydrogens is 332 g/mol. The standard InChI is InChI=1S/C18H22N6O2/c1-10(2)16-22-18(26-23-16)13-6-7-15(19-8-13)24-12(5)14(9-20-24)17(25)21-11(3)4/h6-11H,1-5H3,(H,21,25). The summed E-state index contributed by atoms with van der Waals surface area (Å²) in [6.07, 6.45) is 3.21. The van der Waals surface area contributed by atoms with Crippen molar-refractivity contribution in [2.45, 2.75) is 46.6 Å². The monoisotopic (exact) mass is 354 g/mol. The highest BCUT2D eigenvalue weighted by molar-refractivity contribution is 5.95. The van der Waals surface area contributed by atoms with Gasteiger partial charge in [0.05, 0.1) is 23.0 Å². The van der Waals surface area contributed by atoms with Crippen molar-refractivity contribution in [3.8, 4) is 17.3 Å². The van der Waals surface area contributed by atoms with Crippen molar-refractivity contribution in [1.29, 1.82) is 0 Å². The molecule has 0 aliphatic heterocycles. The molecular formula is C18H22N6O2. The van der Waals surface area contributed by atoms with Gasteiger partial charge in [-0.05, 0) is 32.9 Å². The van der Waals surface area contributed by atoms with Gasteiger partial charge >= 0.3 is 0 Å². The van der Waals surface area contributed by atoms with Crippen LogP contribution in [0.5, 0.6) is 0 Å². The third kappa shape index (κ3) is 3.49. The van der Waals surface area contributed by atoms with Crippen LogP contribution < -0.4 is 5.32 Å². The largest absolute Gasteiger partial charge is 0.350 e. The molecule has 8 nitrogen and oxygen atoms in total. The molecule has 1 N–H and O–H groups in total. The molecule has 26 heavy (non-hydrogen) atoms. The van der Waals surface area contributed by atoms with Crippen LogP contribution in [0.2, 0.25) is 0 Å². The second-order valence-corrected chi connectivity index (χ2v) is 6.70. The Kier molecular flexibility index (Phi) is 4.83. The van der Waals surface area contributed by atoms with E-state index in [0.29, 0.717) is 23.1 Å². The van der Waals surface area contributed by atoms with Gasteiger partial charge in [-0.2, -0.15) is 10.1 Å². The van der Waals surface area contributed by atoms with E-state index >= 15 is 0 Å². The summed E-state index contributed by atoms with van der Waals surface area (Å²) in [4.78, 5) is 21.0. The number of rotatable bonds is 5. The molecule has 0 saturated carbocycles. The molecule has 0 unspecified atom stereocenters. The lowest BCUT2D eigenvalue weighted by Crippen LogP contribution is -2.30. The van der Waals surface area contributed by atoms with E-state index in [4.69, 9.17) is 4.52 Å². The number of amides is 1. The summed E-state index contributed by atoms with van der Waals surface area (Å²) in [5, 5.41) is 11.1. The van der Waals surface area contributed by atoms with E-state index in [0.717, 1.165) is 11.3 Å². The minimum absolute atomic E-state index is 0.0628. The number of aromatic nitrogens is 5. The molecule has 0 spiro atoms. The van der Waals surface area contributed by atoms with Gasteiger partial charge in [-0.3, -0.25) is 4.79 Å². The van der Waals surface area contributed by atoms with Crippen molar-refractivity contribution in [2.24, 2.45) is 0 Å². The maximum absolute atomic E-state index is 12.2. The molecule has 3 aromatic rings. The molecule has 3 aromatic heterocycles. The fourth-order valence-electron chi connectivity index (χ4n) is 2.43. The molecule has 0 atom stereocenters. The Morgan fingerprint density at radius 2 is 1.96 bits per heavy atom. The summed E-state index contributed by atoms with van der Waals surface area (Å²) >= 11 is 0. The predicted octanol–water partition coefficient (Wildman–Crippen LogP) is 2.89. The van der Waals surface area contributed by atoms with E-state index in [1.165, 1.54) is 0 Å². The normalized spacial score (nSPS) is 11.3. The molecule has 0 aromatic carbocycles. The zero-order valence-corrected chi connectivity index (χ0v) is 15.5. The average molecular weight is 354 g/mol. The summed E-state index contributed by atoms with van der Waals surface area (Å²) in [5.74, 6) is 1.75. The Hall–Kier alpha value is -3.03. The molecule has 0 aliphatic rings. The van der Waals surface area contributed by atoms with Crippen LogP contribution in [0.25, 0.3) is 17.3 Å². The van der Waals surface area contributed by atoms with Gasteiger partial charge < -0.3 is 9.84 Å². The van der Waals surface area contributed by atoms with Crippen molar-refractivity contribution in [3.05, 3.63) is 41.6 Å². The molecule has 3 rings (SSSR count). The first-order chi connectivity index (χ1) is 12.4. The van der Waals surface area contributed by atoms with Crippen molar-refractivity contribution < 1.29 is 9.32 Å². The van der Waals surface area contributed by atoms with E-state index in [9.17, 15) is 4.79 Å². The van der Waals surface area contributed by atoms with Gasteiger partial charge in [0.2, 0.25) is 0 Å². The topological polar surface area (TPSA) is 98.7 Å². The van der Waals surface area contributed by atoms with E-state index in [2.05, 4.69) is 25.5 Å².